The van der Waals surface area contributed by atoms with Crippen molar-refractivity contribution in [1.29, 1.82) is 0 Å². The van der Waals surface area contributed by atoms with E-state index in [9.17, 15) is 0 Å². The van der Waals surface area contributed by atoms with Crippen LogP contribution in [0.5, 0.6) is 11.5 Å². The van der Waals surface area contributed by atoms with E-state index in [1.807, 2.05) is 18.3 Å². The average molecular weight is 369 g/mol. The summed E-state index contributed by atoms with van der Waals surface area (Å²) in [5.41, 5.74) is 1.20. The number of nitrogens with one attached hydrogen (secondary N) is 1. The van der Waals surface area contributed by atoms with Gasteiger partial charge < -0.3 is 19.7 Å². The van der Waals surface area contributed by atoms with Crippen LogP contribution < -0.4 is 19.7 Å². The highest BCUT2D eigenvalue weighted by atomic mass is 16.7. The molecular formula is C20H27N5O2. The first kappa shape index (κ1) is 17.9. The van der Waals surface area contributed by atoms with E-state index >= 15 is 0 Å². The standard InChI is InChI=1S/C20H27N5O2/c1-20(2,3)23-19-21-7-6-18(22-19)25-10-8-24(9-11-25)13-15-4-5-16-17(12-15)27-14-26-16/h4-7,12H,8-11,13-14H2,1-3H3,(H,21,22,23). The minimum atomic E-state index is -0.0536. The Hall–Kier alpha value is -2.54. The van der Waals surface area contributed by atoms with Crippen molar-refractivity contribution >= 4 is 11.8 Å². The third kappa shape index (κ3) is 4.42. The molecule has 2 aromatic rings. The van der Waals surface area contributed by atoms with E-state index in [4.69, 9.17) is 9.47 Å². The third-order valence-corrected chi connectivity index (χ3v) is 4.67. The maximum Gasteiger partial charge on any atom is 0.231 e. The van der Waals surface area contributed by atoms with Crippen LogP contribution in [0.4, 0.5) is 11.8 Å². The lowest BCUT2D eigenvalue weighted by atomic mass is 10.1. The highest BCUT2D eigenvalue weighted by molar-refractivity contribution is 5.45. The first-order valence-corrected chi connectivity index (χ1v) is 9.43. The fraction of sp³-hybridized carbons (Fsp3) is 0.500. The first-order valence-electron chi connectivity index (χ1n) is 9.43. The maximum absolute atomic E-state index is 5.48. The van der Waals surface area contributed by atoms with E-state index in [0.29, 0.717) is 12.7 Å². The Morgan fingerprint density at radius 3 is 2.59 bits per heavy atom. The van der Waals surface area contributed by atoms with Crippen LogP contribution in [-0.4, -0.2) is 53.4 Å². The van der Waals surface area contributed by atoms with E-state index in [2.05, 4.69) is 58.0 Å². The van der Waals surface area contributed by atoms with Crippen molar-refractivity contribution in [2.75, 3.05) is 43.2 Å². The molecular weight excluding hydrogens is 342 g/mol. The zero-order valence-electron chi connectivity index (χ0n) is 16.2. The van der Waals surface area contributed by atoms with Crippen LogP contribution in [0.3, 0.4) is 0 Å². The molecule has 0 spiro atoms. The molecule has 27 heavy (non-hydrogen) atoms. The second-order valence-electron chi connectivity index (χ2n) is 8.06. The van der Waals surface area contributed by atoms with Gasteiger partial charge in [-0.3, -0.25) is 4.90 Å². The highest BCUT2D eigenvalue weighted by Crippen LogP contribution is 2.33. The van der Waals surface area contributed by atoms with Gasteiger partial charge in [-0.2, -0.15) is 4.98 Å². The summed E-state index contributed by atoms with van der Waals surface area (Å²) in [7, 11) is 0. The van der Waals surface area contributed by atoms with Gasteiger partial charge in [0.25, 0.3) is 0 Å². The van der Waals surface area contributed by atoms with Gasteiger partial charge in [0.2, 0.25) is 12.7 Å². The molecule has 7 nitrogen and oxygen atoms in total. The lowest BCUT2D eigenvalue weighted by Crippen LogP contribution is -2.46. The van der Waals surface area contributed by atoms with Gasteiger partial charge in [-0.05, 0) is 44.5 Å². The predicted molar refractivity (Wildman–Crippen MR) is 105 cm³/mol. The van der Waals surface area contributed by atoms with Crippen molar-refractivity contribution in [1.82, 2.24) is 14.9 Å². The zero-order valence-corrected chi connectivity index (χ0v) is 16.2. The normalized spacial score (nSPS) is 17.2. The minimum absolute atomic E-state index is 0.0536. The Balaban J connectivity index is 1.34. The summed E-state index contributed by atoms with van der Waals surface area (Å²) < 4.78 is 10.9. The molecule has 144 valence electrons. The van der Waals surface area contributed by atoms with Crippen molar-refractivity contribution in [3.05, 3.63) is 36.0 Å². The second-order valence-corrected chi connectivity index (χ2v) is 8.06. The molecule has 0 amide bonds. The van der Waals surface area contributed by atoms with Gasteiger partial charge >= 0.3 is 0 Å². The predicted octanol–water partition coefficient (Wildman–Crippen LogP) is 2.74. The van der Waals surface area contributed by atoms with Crippen molar-refractivity contribution in [2.24, 2.45) is 0 Å². The van der Waals surface area contributed by atoms with Crippen LogP contribution in [0.15, 0.2) is 30.5 Å². The van der Waals surface area contributed by atoms with Gasteiger partial charge in [0.05, 0.1) is 0 Å². The number of rotatable bonds is 4. The molecule has 4 rings (SSSR count). The lowest BCUT2D eigenvalue weighted by molar-refractivity contribution is 0.174. The Morgan fingerprint density at radius 1 is 1.04 bits per heavy atom. The van der Waals surface area contributed by atoms with Crippen molar-refractivity contribution < 1.29 is 9.47 Å². The van der Waals surface area contributed by atoms with Gasteiger partial charge in [0.15, 0.2) is 11.5 Å². The molecule has 1 fully saturated rings. The lowest BCUT2D eigenvalue weighted by Gasteiger charge is -2.35. The number of nitrogens with zero attached hydrogens (tertiary/aromatic N) is 4. The number of benzene rings is 1. The molecule has 0 aliphatic carbocycles. The topological polar surface area (TPSA) is 62.8 Å². The molecule has 1 aromatic heterocycles. The van der Waals surface area contributed by atoms with Gasteiger partial charge in [0.1, 0.15) is 5.82 Å². The molecule has 0 bridgehead atoms. The number of hydrogen-bond donors (Lipinski definition) is 1. The Labute approximate surface area is 160 Å². The van der Waals surface area contributed by atoms with Gasteiger partial charge in [-0.15, -0.1) is 0 Å². The summed E-state index contributed by atoms with van der Waals surface area (Å²) in [5.74, 6) is 3.36. The summed E-state index contributed by atoms with van der Waals surface area (Å²) in [6.45, 7) is 11.5. The summed E-state index contributed by atoms with van der Waals surface area (Å²) >= 11 is 0. The second kappa shape index (κ2) is 7.23. The molecule has 1 N–H and O–H groups in total. The van der Waals surface area contributed by atoms with E-state index in [1.165, 1.54) is 5.56 Å². The van der Waals surface area contributed by atoms with Crippen LogP contribution in [0.1, 0.15) is 26.3 Å². The number of aromatic nitrogens is 2. The fourth-order valence-electron chi connectivity index (χ4n) is 3.35. The molecule has 3 heterocycles. The van der Waals surface area contributed by atoms with Gasteiger partial charge in [0, 0.05) is 44.5 Å². The van der Waals surface area contributed by atoms with Crippen molar-refractivity contribution in [2.45, 2.75) is 32.9 Å². The van der Waals surface area contributed by atoms with E-state index in [1.54, 1.807) is 0 Å². The van der Waals surface area contributed by atoms with Crippen LogP contribution in [0.2, 0.25) is 0 Å². The Bertz CT molecular complexity index is 797. The van der Waals surface area contributed by atoms with E-state index < -0.39 is 0 Å². The smallest absolute Gasteiger partial charge is 0.231 e. The van der Waals surface area contributed by atoms with Gasteiger partial charge in [-0.1, -0.05) is 6.07 Å². The quantitative estimate of drug-likeness (QED) is 0.889. The largest absolute Gasteiger partial charge is 0.454 e. The SMILES string of the molecule is CC(C)(C)Nc1nccc(N2CCN(Cc3ccc4c(c3)OCO4)CC2)n1. The minimum Gasteiger partial charge on any atom is -0.454 e. The Kier molecular flexibility index (Phi) is 4.78. The van der Waals surface area contributed by atoms with Crippen LogP contribution in [0.25, 0.3) is 0 Å². The van der Waals surface area contributed by atoms with Gasteiger partial charge in [-0.25, -0.2) is 4.98 Å². The number of piperazine rings is 1. The average Bonchev–Trinajstić information content (AvgIpc) is 3.09. The van der Waals surface area contributed by atoms with E-state index in [-0.39, 0.29) is 5.54 Å². The molecule has 1 aromatic carbocycles. The first-order chi connectivity index (χ1) is 13.0. The third-order valence-electron chi connectivity index (χ3n) is 4.67. The molecule has 0 atom stereocenters. The molecule has 0 saturated carbocycles. The number of anilines is 2. The van der Waals surface area contributed by atoms with Crippen molar-refractivity contribution in [3.63, 3.8) is 0 Å². The molecule has 0 unspecified atom stereocenters. The van der Waals surface area contributed by atoms with Crippen LogP contribution in [0, 0.1) is 0 Å². The molecule has 0 radical (unpaired) electrons. The summed E-state index contributed by atoms with van der Waals surface area (Å²) in [5, 5.41) is 3.34. The fourth-order valence-corrected chi connectivity index (χ4v) is 3.35. The molecule has 1 saturated heterocycles. The van der Waals surface area contributed by atoms with E-state index in [0.717, 1.165) is 50.0 Å². The highest BCUT2D eigenvalue weighted by Gasteiger charge is 2.20. The summed E-state index contributed by atoms with van der Waals surface area (Å²) in [6.07, 6.45) is 1.83. The van der Waals surface area contributed by atoms with Crippen molar-refractivity contribution in [3.8, 4) is 11.5 Å². The van der Waals surface area contributed by atoms with Crippen LogP contribution in [-0.2, 0) is 6.54 Å². The monoisotopic (exact) mass is 369 g/mol. The maximum atomic E-state index is 5.48. The number of fused-ring (bicyclic) bond motifs is 1. The molecule has 2 aliphatic rings. The summed E-state index contributed by atoms with van der Waals surface area (Å²) in [4.78, 5) is 13.8. The van der Waals surface area contributed by atoms with Crippen LogP contribution >= 0.6 is 0 Å². The molecule has 2 aliphatic heterocycles. The summed E-state index contributed by atoms with van der Waals surface area (Å²) in [6, 6.07) is 8.19. The zero-order chi connectivity index (χ0) is 18.9. The Morgan fingerprint density at radius 2 is 1.81 bits per heavy atom. The number of hydrogen-bond acceptors (Lipinski definition) is 7. The number of ether oxygens (including phenoxy) is 2. The molecule has 7 heteroatoms.